The van der Waals surface area contributed by atoms with E-state index in [0.717, 1.165) is 75.6 Å². The molecule has 1 spiro atoms. The van der Waals surface area contributed by atoms with Crippen molar-refractivity contribution in [1.82, 2.24) is 34.9 Å². The molecule has 2 atom stereocenters. The van der Waals surface area contributed by atoms with Crippen molar-refractivity contribution in [3.63, 3.8) is 0 Å². The molecule has 12 heteroatoms. The number of hydrogen-bond donors (Lipinski definition) is 2. The Kier molecular flexibility index (Phi) is 5.90. The van der Waals surface area contributed by atoms with E-state index < -0.39 is 11.9 Å². The van der Waals surface area contributed by atoms with Gasteiger partial charge in [0.1, 0.15) is 11.6 Å². The van der Waals surface area contributed by atoms with Gasteiger partial charge in [-0.25, -0.2) is 19.7 Å². The van der Waals surface area contributed by atoms with Crippen LogP contribution in [0.5, 0.6) is 0 Å². The van der Waals surface area contributed by atoms with Crippen molar-refractivity contribution < 1.29 is 18.0 Å². The summed E-state index contributed by atoms with van der Waals surface area (Å²) in [4.78, 5) is 29.7. The molecule has 2 aromatic heterocycles. The second-order valence-electron chi connectivity index (χ2n) is 14.5. The Balaban J connectivity index is 0.839. The number of nitrogens with zero attached hydrogens (tertiary/aromatic N) is 6. The van der Waals surface area contributed by atoms with Gasteiger partial charge in [0, 0.05) is 49.5 Å². The number of carbonyl (C=O) groups excluding carboxylic acids is 1. The molecular formula is C30H39F3N8O. The molecule has 0 aromatic carbocycles. The van der Waals surface area contributed by atoms with E-state index in [0.29, 0.717) is 34.9 Å². The van der Waals surface area contributed by atoms with Crippen LogP contribution in [0.2, 0.25) is 0 Å². The molecule has 9 rings (SSSR count). The van der Waals surface area contributed by atoms with Crippen molar-refractivity contribution in [2.45, 2.75) is 88.8 Å². The summed E-state index contributed by atoms with van der Waals surface area (Å²) in [6, 6.07) is 0.279. The van der Waals surface area contributed by atoms with Gasteiger partial charge in [-0.05, 0) is 81.0 Å². The Labute approximate surface area is 243 Å². The third-order valence-electron chi connectivity index (χ3n) is 11.5. The summed E-state index contributed by atoms with van der Waals surface area (Å²) >= 11 is 0. The molecule has 4 heterocycles. The molecular weight excluding hydrogens is 545 g/mol. The molecule has 226 valence electrons. The fraction of sp³-hybridized carbons (Fsp3) is 0.767. The Bertz CT molecular complexity index is 1320. The van der Waals surface area contributed by atoms with Gasteiger partial charge in [0.2, 0.25) is 0 Å². The van der Waals surface area contributed by atoms with Crippen molar-refractivity contribution in [3.05, 3.63) is 29.7 Å². The Morgan fingerprint density at radius 2 is 1.81 bits per heavy atom. The van der Waals surface area contributed by atoms with Gasteiger partial charge in [0.05, 0.1) is 12.4 Å². The molecule has 5 saturated carbocycles. The summed E-state index contributed by atoms with van der Waals surface area (Å²) in [5, 5.41) is 11.0. The van der Waals surface area contributed by atoms with Crippen molar-refractivity contribution in [2.75, 3.05) is 31.5 Å². The van der Waals surface area contributed by atoms with Gasteiger partial charge in [-0.15, -0.1) is 0 Å². The smallest absolute Gasteiger partial charge is 0.366 e. The molecule has 2 bridgehead atoms. The van der Waals surface area contributed by atoms with Crippen LogP contribution in [0.1, 0.15) is 93.9 Å². The van der Waals surface area contributed by atoms with Crippen LogP contribution >= 0.6 is 0 Å². The lowest BCUT2D eigenvalue weighted by Gasteiger charge is -2.69. The first-order chi connectivity index (χ1) is 20.1. The first kappa shape index (κ1) is 26.7. The topological polar surface area (TPSA) is 103 Å². The number of H-pyrrole nitrogens is 1. The van der Waals surface area contributed by atoms with Crippen LogP contribution in [-0.4, -0.2) is 73.2 Å². The fourth-order valence-corrected chi connectivity index (χ4v) is 8.79. The van der Waals surface area contributed by atoms with E-state index in [2.05, 4.69) is 32.4 Å². The van der Waals surface area contributed by atoms with Crippen LogP contribution in [-0.2, 0) is 6.18 Å². The zero-order valence-corrected chi connectivity index (χ0v) is 24.0. The van der Waals surface area contributed by atoms with E-state index in [1.807, 2.05) is 9.80 Å². The number of alkyl halides is 3. The van der Waals surface area contributed by atoms with Crippen molar-refractivity contribution in [3.8, 4) is 0 Å². The average Bonchev–Trinajstić information content (AvgIpc) is 3.56. The number of likely N-dealkylation sites (tertiary alicyclic amines) is 2. The summed E-state index contributed by atoms with van der Waals surface area (Å²) in [6.07, 6.45) is 7.69. The number of hydrogen-bond acceptors (Lipinski definition) is 6. The lowest BCUT2D eigenvalue weighted by Crippen LogP contribution is -2.69. The van der Waals surface area contributed by atoms with E-state index in [4.69, 9.17) is 4.98 Å². The van der Waals surface area contributed by atoms with Gasteiger partial charge in [0.15, 0.2) is 11.5 Å². The molecule has 2 unspecified atom stereocenters. The highest BCUT2D eigenvalue weighted by atomic mass is 19.4. The number of rotatable bonds is 9. The normalized spacial score (nSPS) is 29.6. The predicted molar refractivity (Wildman–Crippen MR) is 147 cm³/mol. The quantitative estimate of drug-likeness (QED) is 0.408. The fourth-order valence-electron chi connectivity index (χ4n) is 8.79. The van der Waals surface area contributed by atoms with E-state index in [9.17, 15) is 18.0 Å². The van der Waals surface area contributed by atoms with E-state index in [1.165, 1.54) is 38.3 Å². The molecule has 7 fully saturated rings. The maximum absolute atomic E-state index is 13.3. The van der Waals surface area contributed by atoms with Gasteiger partial charge < -0.3 is 15.1 Å². The number of halogens is 3. The Morgan fingerprint density at radius 3 is 2.38 bits per heavy atom. The highest BCUT2D eigenvalue weighted by molar-refractivity contribution is 5.76. The van der Waals surface area contributed by atoms with E-state index in [-0.39, 0.29) is 17.5 Å². The lowest BCUT2D eigenvalue weighted by molar-refractivity contribution is -0.183. The number of anilines is 1. The van der Waals surface area contributed by atoms with Crippen molar-refractivity contribution in [2.24, 2.45) is 28.6 Å². The van der Waals surface area contributed by atoms with Gasteiger partial charge in [-0.1, -0.05) is 6.92 Å². The number of aromatic nitrogens is 5. The molecule has 2 N–H and O–H groups in total. The largest absolute Gasteiger partial charge is 0.434 e. The monoisotopic (exact) mass is 584 g/mol. The van der Waals surface area contributed by atoms with Crippen LogP contribution in [0.15, 0.2) is 12.4 Å². The van der Waals surface area contributed by atoms with Crippen LogP contribution in [0, 0.1) is 28.6 Å². The van der Waals surface area contributed by atoms with E-state index in [1.54, 1.807) is 0 Å². The maximum atomic E-state index is 13.3. The molecule has 7 aliphatic rings. The summed E-state index contributed by atoms with van der Waals surface area (Å²) in [5.74, 6) is 5.24. The van der Waals surface area contributed by atoms with Crippen molar-refractivity contribution in [1.29, 1.82) is 0 Å². The first-order valence-electron chi connectivity index (χ1n) is 15.7. The number of aromatic amines is 1. The second kappa shape index (κ2) is 9.29. The number of carbonyl (C=O) groups is 1. The van der Waals surface area contributed by atoms with Gasteiger partial charge in [-0.3, -0.25) is 5.10 Å². The number of urea groups is 1. The van der Waals surface area contributed by atoms with Crippen LogP contribution in [0.25, 0.3) is 0 Å². The third-order valence-corrected chi connectivity index (χ3v) is 11.5. The number of amides is 2. The molecule has 2 aliphatic heterocycles. The summed E-state index contributed by atoms with van der Waals surface area (Å²) in [6.45, 7) is 5.39. The summed E-state index contributed by atoms with van der Waals surface area (Å²) < 4.78 is 38.7. The minimum absolute atomic E-state index is 0.103. The zero-order valence-electron chi connectivity index (χ0n) is 24.0. The molecule has 5 aliphatic carbocycles. The molecule has 0 radical (unpaired) electrons. The Hall–Kier alpha value is -2.92. The highest BCUT2D eigenvalue weighted by Gasteiger charge is 2.63. The standard InChI is InChI=1S/C30H39F3N8O/c1-2-21(36-24-12-34-23(11-35-24)30(31,32)33)5-22(29-6-17(7-29)8-29)20-13-40(14-20)27(42)41-15-28(16-41)9-19(10-28)26-37-25(38-39-26)18-3-4-18/h11-12,17-22H,2-10,13-16H2,1H3,(H,35,36)(H,37,38,39). The molecule has 2 amide bonds. The SMILES string of the molecule is CCC(CC(C1CN(C(=O)N2CC3(CC(c4n[nH]c(C5CC5)n4)C3)C2)C1)C12CC(C1)C2)Nc1cnc(C(F)(F)F)cn1. The molecule has 42 heavy (non-hydrogen) atoms. The first-order valence-corrected chi connectivity index (χ1v) is 15.7. The predicted octanol–water partition coefficient (Wildman–Crippen LogP) is 5.42. The van der Waals surface area contributed by atoms with Crippen LogP contribution < -0.4 is 5.32 Å². The Morgan fingerprint density at radius 1 is 1.07 bits per heavy atom. The molecule has 2 saturated heterocycles. The van der Waals surface area contributed by atoms with Crippen LogP contribution in [0.3, 0.4) is 0 Å². The summed E-state index contributed by atoms with van der Waals surface area (Å²) in [5.41, 5.74) is -0.345. The minimum atomic E-state index is -4.49. The van der Waals surface area contributed by atoms with Crippen LogP contribution in [0.4, 0.5) is 23.8 Å². The molecule has 2 aromatic rings. The second-order valence-corrected chi connectivity index (χ2v) is 14.5. The highest BCUT2D eigenvalue weighted by Crippen LogP contribution is 2.70. The van der Waals surface area contributed by atoms with E-state index >= 15 is 0 Å². The van der Waals surface area contributed by atoms with Gasteiger partial charge >= 0.3 is 12.2 Å². The van der Waals surface area contributed by atoms with Gasteiger partial charge in [-0.2, -0.15) is 18.3 Å². The van der Waals surface area contributed by atoms with Crippen molar-refractivity contribution >= 4 is 11.8 Å². The average molecular weight is 585 g/mol. The third kappa shape index (κ3) is 4.46. The van der Waals surface area contributed by atoms with Gasteiger partial charge in [0.25, 0.3) is 0 Å². The zero-order chi connectivity index (χ0) is 28.9. The summed E-state index contributed by atoms with van der Waals surface area (Å²) in [7, 11) is 0. The number of nitrogens with one attached hydrogen (secondary N) is 2. The lowest BCUT2D eigenvalue weighted by atomic mass is 9.38. The minimum Gasteiger partial charge on any atom is -0.366 e. The maximum Gasteiger partial charge on any atom is 0.434 e. The molecule has 9 nitrogen and oxygen atoms in total.